The summed E-state index contributed by atoms with van der Waals surface area (Å²) >= 11 is 0. The number of hydrogen-bond donors (Lipinski definition) is 1. The van der Waals surface area contributed by atoms with Gasteiger partial charge in [0.25, 0.3) is 0 Å². The standard InChI is InChI=1S/C17H20F3N3O4S/c1-28(24,25)22-15-3-2-8-26-16(15)11-27-14-6-4-13(5-7-14)23-10-12(9-21-23)17(18,19)20/h4-7,9-10,15-16,22H,2-3,8,11H2,1H3/t15-,16+/m0/s1. The molecule has 1 saturated heterocycles. The summed E-state index contributed by atoms with van der Waals surface area (Å²) in [5.41, 5.74) is -0.375. The Kier molecular flexibility index (Phi) is 5.96. The molecule has 0 spiro atoms. The van der Waals surface area contributed by atoms with E-state index in [4.69, 9.17) is 9.47 Å². The van der Waals surface area contributed by atoms with Crippen LogP contribution in [0.3, 0.4) is 0 Å². The number of alkyl halides is 3. The van der Waals surface area contributed by atoms with Crippen molar-refractivity contribution in [1.82, 2.24) is 14.5 Å². The maximum Gasteiger partial charge on any atom is 0.419 e. The molecule has 154 valence electrons. The SMILES string of the molecule is CS(=O)(=O)N[C@H]1CCCO[C@@H]1COc1ccc(-n2cc(C(F)(F)F)cn2)cc1. The minimum atomic E-state index is -4.45. The van der Waals surface area contributed by atoms with Crippen molar-refractivity contribution in [2.45, 2.75) is 31.2 Å². The van der Waals surface area contributed by atoms with Gasteiger partial charge >= 0.3 is 6.18 Å². The number of ether oxygens (including phenoxy) is 2. The Morgan fingerprint density at radius 3 is 2.64 bits per heavy atom. The van der Waals surface area contributed by atoms with Gasteiger partial charge in [-0.1, -0.05) is 0 Å². The maximum atomic E-state index is 12.7. The highest BCUT2D eigenvalue weighted by Crippen LogP contribution is 2.29. The van der Waals surface area contributed by atoms with E-state index >= 15 is 0 Å². The molecule has 0 amide bonds. The number of sulfonamides is 1. The largest absolute Gasteiger partial charge is 0.491 e. The summed E-state index contributed by atoms with van der Waals surface area (Å²) in [4.78, 5) is 0. The lowest BCUT2D eigenvalue weighted by atomic mass is 10.0. The predicted octanol–water partition coefficient (Wildman–Crippen LogP) is 2.37. The number of nitrogens with one attached hydrogen (secondary N) is 1. The number of benzene rings is 1. The van der Waals surface area contributed by atoms with Crippen LogP contribution in [0.1, 0.15) is 18.4 Å². The topological polar surface area (TPSA) is 82.5 Å². The van der Waals surface area contributed by atoms with Gasteiger partial charge in [0.05, 0.1) is 29.7 Å². The molecule has 0 saturated carbocycles. The van der Waals surface area contributed by atoms with Gasteiger partial charge in [-0.3, -0.25) is 0 Å². The maximum absolute atomic E-state index is 12.7. The molecule has 2 heterocycles. The lowest BCUT2D eigenvalue weighted by Crippen LogP contribution is -2.49. The number of aromatic nitrogens is 2. The van der Waals surface area contributed by atoms with Crippen molar-refractivity contribution in [3.63, 3.8) is 0 Å². The summed E-state index contributed by atoms with van der Waals surface area (Å²) in [5, 5.41) is 3.72. The lowest BCUT2D eigenvalue weighted by Gasteiger charge is -2.31. The fourth-order valence-electron chi connectivity index (χ4n) is 2.90. The van der Waals surface area contributed by atoms with Gasteiger partial charge in [-0.2, -0.15) is 18.3 Å². The van der Waals surface area contributed by atoms with Gasteiger partial charge in [0, 0.05) is 12.8 Å². The van der Waals surface area contributed by atoms with Crippen LogP contribution in [0.2, 0.25) is 0 Å². The Labute approximate surface area is 160 Å². The molecule has 3 rings (SSSR count). The first-order valence-electron chi connectivity index (χ1n) is 8.56. The predicted molar refractivity (Wildman–Crippen MR) is 94.8 cm³/mol. The van der Waals surface area contributed by atoms with E-state index in [0.717, 1.165) is 29.8 Å². The minimum absolute atomic E-state index is 0.145. The quantitative estimate of drug-likeness (QED) is 0.778. The Morgan fingerprint density at radius 1 is 1.32 bits per heavy atom. The average Bonchev–Trinajstić information content (AvgIpc) is 3.11. The van der Waals surface area contributed by atoms with Crippen molar-refractivity contribution in [2.75, 3.05) is 19.5 Å². The molecular formula is C17H20F3N3O4S. The van der Waals surface area contributed by atoms with Crippen LogP contribution in [0, 0.1) is 0 Å². The van der Waals surface area contributed by atoms with Crippen molar-refractivity contribution in [3.8, 4) is 11.4 Å². The Morgan fingerprint density at radius 2 is 2.04 bits per heavy atom. The minimum Gasteiger partial charge on any atom is -0.491 e. The molecule has 0 bridgehead atoms. The number of hydrogen-bond acceptors (Lipinski definition) is 5. The molecule has 1 aliphatic heterocycles. The highest BCUT2D eigenvalue weighted by atomic mass is 32.2. The van der Waals surface area contributed by atoms with E-state index in [1.165, 1.54) is 0 Å². The number of nitrogens with zero attached hydrogens (tertiary/aromatic N) is 2. The molecule has 1 aromatic heterocycles. The third kappa shape index (κ3) is 5.46. The van der Waals surface area contributed by atoms with E-state index in [0.29, 0.717) is 24.5 Å². The lowest BCUT2D eigenvalue weighted by molar-refractivity contribution is -0.137. The van der Waals surface area contributed by atoms with Crippen LogP contribution in [0.25, 0.3) is 5.69 Å². The second-order valence-corrected chi connectivity index (χ2v) is 8.30. The van der Waals surface area contributed by atoms with Crippen molar-refractivity contribution >= 4 is 10.0 Å². The normalized spacial score (nSPS) is 20.9. The Hall–Kier alpha value is -2.11. The average molecular weight is 419 g/mol. The van der Waals surface area contributed by atoms with Gasteiger partial charge in [-0.05, 0) is 37.1 Å². The highest BCUT2D eigenvalue weighted by molar-refractivity contribution is 7.88. The molecule has 11 heteroatoms. The third-order valence-electron chi connectivity index (χ3n) is 4.23. The summed E-state index contributed by atoms with van der Waals surface area (Å²) in [6, 6.07) is 6.00. The summed E-state index contributed by atoms with van der Waals surface area (Å²) in [6.45, 7) is 0.669. The first kappa shape index (κ1) is 20.6. The van der Waals surface area contributed by atoms with Crippen molar-refractivity contribution in [2.24, 2.45) is 0 Å². The van der Waals surface area contributed by atoms with Crippen molar-refractivity contribution < 1.29 is 31.1 Å². The number of halogens is 3. The highest BCUT2D eigenvalue weighted by Gasteiger charge is 2.32. The van der Waals surface area contributed by atoms with Gasteiger partial charge in [-0.15, -0.1) is 0 Å². The zero-order valence-electron chi connectivity index (χ0n) is 15.0. The smallest absolute Gasteiger partial charge is 0.419 e. The molecule has 0 unspecified atom stereocenters. The zero-order chi connectivity index (χ0) is 20.4. The van der Waals surface area contributed by atoms with Crippen LogP contribution in [0.15, 0.2) is 36.7 Å². The monoisotopic (exact) mass is 419 g/mol. The van der Waals surface area contributed by atoms with E-state index in [1.54, 1.807) is 24.3 Å². The summed E-state index contributed by atoms with van der Waals surface area (Å²) < 4.78 is 75.9. The van der Waals surface area contributed by atoms with Crippen LogP contribution >= 0.6 is 0 Å². The molecule has 2 aromatic rings. The van der Waals surface area contributed by atoms with Gasteiger partial charge in [0.2, 0.25) is 10.0 Å². The first-order chi connectivity index (χ1) is 13.1. The second kappa shape index (κ2) is 8.10. The summed E-state index contributed by atoms with van der Waals surface area (Å²) in [6.07, 6.45) is -0.699. The van der Waals surface area contributed by atoms with Gasteiger partial charge in [-0.25, -0.2) is 17.8 Å². The van der Waals surface area contributed by atoms with Crippen LogP contribution < -0.4 is 9.46 Å². The van der Waals surface area contributed by atoms with Crippen LogP contribution in [0.5, 0.6) is 5.75 Å². The van der Waals surface area contributed by atoms with Gasteiger partial charge in [0.15, 0.2) is 0 Å². The van der Waals surface area contributed by atoms with Gasteiger partial charge in [0.1, 0.15) is 18.5 Å². The molecule has 0 aliphatic carbocycles. The Balaban J connectivity index is 1.62. The third-order valence-corrected chi connectivity index (χ3v) is 4.96. The molecule has 1 N–H and O–H groups in total. The molecule has 1 aromatic carbocycles. The Bertz CT molecular complexity index is 897. The van der Waals surface area contributed by atoms with Crippen molar-refractivity contribution in [1.29, 1.82) is 0 Å². The van der Waals surface area contributed by atoms with Gasteiger partial charge < -0.3 is 9.47 Å². The summed E-state index contributed by atoms with van der Waals surface area (Å²) in [7, 11) is -3.36. The molecule has 0 radical (unpaired) electrons. The molecule has 1 aliphatic rings. The van der Waals surface area contributed by atoms with Crippen LogP contribution in [-0.4, -0.2) is 49.8 Å². The fraction of sp³-hybridized carbons (Fsp3) is 0.471. The van der Waals surface area contributed by atoms with E-state index < -0.39 is 27.9 Å². The van der Waals surface area contributed by atoms with Crippen LogP contribution in [-0.2, 0) is 20.9 Å². The van der Waals surface area contributed by atoms with E-state index in [2.05, 4.69) is 9.82 Å². The van der Waals surface area contributed by atoms with E-state index in [1.807, 2.05) is 0 Å². The van der Waals surface area contributed by atoms with E-state index in [9.17, 15) is 21.6 Å². The molecule has 7 nitrogen and oxygen atoms in total. The molecule has 2 atom stereocenters. The molecule has 28 heavy (non-hydrogen) atoms. The molecule has 1 fully saturated rings. The molecular weight excluding hydrogens is 399 g/mol. The first-order valence-corrected chi connectivity index (χ1v) is 10.4. The zero-order valence-corrected chi connectivity index (χ0v) is 15.8. The second-order valence-electron chi connectivity index (χ2n) is 6.52. The van der Waals surface area contributed by atoms with E-state index in [-0.39, 0.29) is 12.6 Å². The fourth-order valence-corrected chi connectivity index (χ4v) is 3.72. The summed E-state index contributed by atoms with van der Waals surface area (Å²) in [5.74, 6) is 0.485. The number of rotatable bonds is 6. The van der Waals surface area contributed by atoms with Crippen LogP contribution in [0.4, 0.5) is 13.2 Å². The van der Waals surface area contributed by atoms with Crippen molar-refractivity contribution in [3.05, 3.63) is 42.2 Å².